The van der Waals surface area contributed by atoms with Crippen molar-refractivity contribution in [1.29, 1.82) is 0 Å². The van der Waals surface area contributed by atoms with Gasteiger partial charge in [-0.05, 0) is 18.6 Å². The third-order valence-corrected chi connectivity index (χ3v) is 3.79. The van der Waals surface area contributed by atoms with Gasteiger partial charge in [-0.15, -0.1) is 0 Å². The van der Waals surface area contributed by atoms with Gasteiger partial charge in [0.05, 0.1) is 17.7 Å². The minimum absolute atomic E-state index is 0.0583. The molecule has 5 nitrogen and oxygen atoms in total. The van der Waals surface area contributed by atoms with Crippen molar-refractivity contribution in [3.05, 3.63) is 35.9 Å². The summed E-state index contributed by atoms with van der Waals surface area (Å²) < 4.78 is 5.33. The fourth-order valence-electron chi connectivity index (χ4n) is 2.57. The first-order valence-electron chi connectivity index (χ1n) is 7.21. The molecular weight excluding hydrogens is 266 g/mol. The summed E-state index contributed by atoms with van der Waals surface area (Å²) in [6.45, 7) is 2.19. The number of nitrogens with one attached hydrogen (secondary N) is 2. The Balaban J connectivity index is 1.85. The molecule has 5 heteroatoms. The molecule has 2 N–H and O–H groups in total. The number of pyridine rings is 1. The molecule has 1 amide bonds. The number of amides is 1. The Kier molecular flexibility index (Phi) is 4.01. The molecule has 1 aliphatic heterocycles. The molecule has 1 unspecified atom stereocenters. The van der Waals surface area contributed by atoms with Crippen molar-refractivity contribution in [3.8, 4) is 0 Å². The van der Waals surface area contributed by atoms with Gasteiger partial charge in [-0.25, -0.2) is 4.98 Å². The second-order valence-electron chi connectivity index (χ2n) is 5.26. The molecule has 1 aliphatic rings. The van der Waals surface area contributed by atoms with E-state index >= 15 is 0 Å². The molecule has 1 fully saturated rings. The second-order valence-corrected chi connectivity index (χ2v) is 5.26. The zero-order valence-electron chi connectivity index (χ0n) is 12.1. The lowest BCUT2D eigenvalue weighted by Gasteiger charge is -2.12. The average Bonchev–Trinajstić information content (AvgIpc) is 3.05. The van der Waals surface area contributed by atoms with Gasteiger partial charge in [0.15, 0.2) is 0 Å². The van der Waals surface area contributed by atoms with Gasteiger partial charge < -0.3 is 15.4 Å². The van der Waals surface area contributed by atoms with Crippen LogP contribution in [0.4, 0.5) is 5.82 Å². The van der Waals surface area contributed by atoms with Gasteiger partial charge >= 0.3 is 0 Å². The number of para-hydroxylation sites is 1. The molecule has 0 aliphatic carbocycles. The summed E-state index contributed by atoms with van der Waals surface area (Å²) in [5, 5.41) is 6.88. The lowest BCUT2D eigenvalue weighted by atomic mass is 10.1. The van der Waals surface area contributed by atoms with E-state index in [1.165, 1.54) is 0 Å². The first-order chi connectivity index (χ1) is 10.3. The normalized spacial score (nSPS) is 17.9. The highest BCUT2D eigenvalue weighted by molar-refractivity contribution is 6.06. The predicted octanol–water partition coefficient (Wildman–Crippen LogP) is 2.04. The summed E-state index contributed by atoms with van der Waals surface area (Å²) in [6, 6.07) is 9.48. The molecule has 1 aromatic carbocycles. The number of hydrogen-bond acceptors (Lipinski definition) is 4. The lowest BCUT2D eigenvalue weighted by molar-refractivity contribution is 0.0946. The van der Waals surface area contributed by atoms with Gasteiger partial charge in [0.2, 0.25) is 0 Å². The van der Waals surface area contributed by atoms with E-state index < -0.39 is 0 Å². The number of carbonyl (C=O) groups excluding carboxylic acids is 1. The van der Waals surface area contributed by atoms with Gasteiger partial charge in [-0.1, -0.05) is 18.2 Å². The molecule has 2 heterocycles. The highest BCUT2D eigenvalue weighted by Gasteiger charge is 2.18. The predicted molar refractivity (Wildman–Crippen MR) is 82.5 cm³/mol. The van der Waals surface area contributed by atoms with Crippen molar-refractivity contribution in [3.63, 3.8) is 0 Å². The van der Waals surface area contributed by atoms with E-state index in [2.05, 4.69) is 15.6 Å². The monoisotopic (exact) mass is 285 g/mol. The molecule has 1 aromatic heterocycles. The van der Waals surface area contributed by atoms with Gasteiger partial charge in [0.25, 0.3) is 5.91 Å². The van der Waals surface area contributed by atoms with Crippen LogP contribution in [0, 0.1) is 5.92 Å². The number of ether oxygens (including phenoxy) is 1. The molecular formula is C16H19N3O2. The van der Waals surface area contributed by atoms with E-state index in [0.29, 0.717) is 23.8 Å². The average molecular weight is 285 g/mol. The Morgan fingerprint density at radius 1 is 1.43 bits per heavy atom. The molecule has 0 spiro atoms. The Morgan fingerprint density at radius 2 is 2.29 bits per heavy atom. The summed E-state index contributed by atoms with van der Waals surface area (Å²) in [5.74, 6) is 1.06. The molecule has 0 saturated carbocycles. The van der Waals surface area contributed by atoms with Gasteiger partial charge in [0, 0.05) is 31.5 Å². The molecule has 21 heavy (non-hydrogen) atoms. The summed E-state index contributed by atoms with van der Waals surface area (Å²) in [7, 11) is 1.80. The number of carbonyl (C=O) groups is 1. The van der Waals surface area contributed by atoms with Crippen molar-refractivity contribution in [2.24, 2.45) is 5.92 Å². The van der Waals surface area contributed by atoms with Crippen LogP contribution in [-0.4, -0.2) is 37.7 Å². The summed E-state index contributed by atoms with van der Waals surface area (Å²) in [4.78, 5) is 16.9. The standard InChI is InChI=1S/C16H19N3O2/c1-17-15-8-13(12-4-2-3-5-14(12)19-15)16(20)18-9-11-6-7-21-10-11/h2-5,8,11H,6-7,9-10H2,1H3,(H,17,19)(H,18,20). The minimum atomic E-state index is -0.0583. The maximum absolute atomic E-state index is 12.5. The number of aromatic nitrogens is 1. The molecule has 110 valence electrons. The number of fused-ring (bicyclic) bond motifs is 1. The molecule has 0 radical (unpaired) electrons. The number of nitrogens with zero attached hydrogens (tertiary/aromatic N) is 1. The Hall–Kier alpha value is -2.14. The van der Waals surface area contributed by atoms with Crippen LogP contribution in [0.5, 0.6) is 0 Å². The van der Waals surface area contributed by atoms with Crippen molar-refractivity contribution in [2.75, 3.05) is 32.1 Å². The van der Waals surface area contributed by atoms with Gasteiger partial charge in [-0.2, -0.15) is 0 Å². The van der Waals surface area contributed by atoms with Gasteiger partial charge in [0.1, 0.15) is 5.82 Å². The van der Waals surface area contributed by atoms with Crippen LogP contribution in [0.1, 0.15) is 16.8 Å². The zero-order chi connectivity index (χ0) is 14.7. The van der Waals surface area contributed by atoms with Crippen LogP contribution < -0.4 is 10.6 Å². The van der Waals surface area contributed by atoms with Crippen molar-refractivity contribution in [1.82, 2.24) is 10.3 Å². The number of anilines is 1. The fourth-order valence-corrected chi connectivity index (χ4v) is 2.57. The number of hydrogen-bond donors (Lipinski definition) is 2. The van der Waals surface area contributed by atoms with E-state index in [0.717, 1.165) is 30.5 Å². The van der Waals surface area contributed by atoms with Crippen molar-refractivity contribution >= 4 is 22.6 Å². The minimum Gasteiger partial charge on any atom is -0.381 e. The van der Waals surface area contributed by atoms with Crippen LogP contribution in [0.15, 0.2) is 30.3 Å². The zero-order valence-corrected chi connectivity index (χ0v) is 12.1. The van der Waals surface area contributed by atoms with Crippen LogP contribution in [0.3, 0.4) is 0 Å². The van der Waals surface area contributed by atoms with E-state index in [9.17, 15) is 4.79 Å². The van der Waals surface area contributed by atoms with E-state index in [1.807, 2.05) is 24.3 Å². The smallest absolute Gasteiger partial charge is 0.252 e. The summed E-state index contributed by atoms with van der Waals surface area (Å²) >= 11 is 0. The van der Waals surface area contributed by atoms with E-state index in [4.69, 9.17) is 4.74 Å². The fraction of sp³-hybridized carbons (Fsp3) is 0.375. The van der Waals surface area contributed by atoms with Crippen LogP contribution in [-0.2, 0) is 4.74 Å². The molecule has 2 aromatic rings. The Morgan fingerprint density at radius 3 is 3.05 bits per heavy atom. The Labute approximate surface area is 123 Å². The summed E-state index contributed by atoms with van der Waals surface area (Å²) in [5.41, 5.74) is 1.47. The summed E-state index contributed by atoms with van der Waals surface area (Å²) in [6.07, 6.45) is 1.01. The maximum Gasteiger partial charge on any atom is 0.252 e. The topological polar surface area (TPSA) is 63.2 Å². The molecule has 0 bridgehead atoms. The third-order valence-electron chi connectivity index (χ3n) is 3.79. The second kappa shape index (κ2) is 6.10. The molecule has 3 rings (SSSR count). The molecule has 1 saturated heterocycles. The van der Waals surface area contributed by atoms with Crippen LogP contribution >= 0.6 is 0 Å². The quantitative estimate of drug-likeness (QED) is 0.902. The first-order valence-corrected chi connectivity index (χ1v) is 7.21. The maximum atomic E-state index is 12.5. The first kappa shape index (κ1) is 13.8. The highest BCUT2D eigenvalue weighted by atomic mass is 16.5. The van der Waals surface area contributed by atoms with E-state index in [1.54, 1.807) is 13.1 Å². The Bertz CT molecular complexity index is 651. The van der Waals surface area contributed by atoms with Crippen molar-refractivity contribution in [2.45, 2.75) is 6.42 Å². The highest BCUT2D eigenvalue weighted by Crippen LogP contribution is 2.21. The number of rotatable bonds is 4. The third kappa shape index (κ3) is 2.97. The van der Waals surface area contributed by atoms with Crippen LogP contribution in [0.2, 0.25) is 0 Å². The number of benzene rings is 1. The SMILES string of the molecule is CNc1cc(C(=O)NCC2CCOC2)c2ccccc2n1. The van der Waals surface area contributed by atoms with E-state index in [-0.39, 0.29) is 5.91 Å². The largest absolute Gasteiger partial charge is 0.381 e. The van der Waals surface area contributed by atoms with Gasteiger partial charge in [-0.3, -0.25) is 4.79 Å². The molecule has 1 atom stereocenters. The van der Waals surface area contributed by atoms with Crippen molar-refractivity contribution < 1.29 is 9.53 Å². The van der Waals surface area contributed by atoms with Crippen LogP contribution in [0.25, 0.3) is 10.9 Å². The lowest BCUT2D eigenvalue weighted by Crippen LogP contribution is -2.29.